The molecule has 0 spiro atoms. The number of ether oxygens (including phenoxy) is 1. The number of hydrogen-bond donors (Lipinski definition) is 3. The highest BCUT2D eigenvalue weighted by molar-refractivity contribution is 5.73. The van der Waals surface area contributed by atoms with E-state index in [2.05, 4.69) is 21.7 Å². The van der Waals surface area contributed by atoms with Crippen LogP contribution in [-0.4, -0.2) is 62.5 Å². The summed E-state index contributed by atoms with van der Waals surface area (Å²) in [5.74, 6) is -2.85. The molecule has 2 unspecified atom stereocenters. The molecule has 2 aromatic rings. The molecule has 3 N–H and O–H groups in total. The van der Waals surface area contributed by atoms with Gasteiger partial charge < -0.3 is 20.3 Å². The molecule has 1 aromatic heterocycles. The fourth-order valence-electron chi connectivity index (χ4n) is 4.49. The molecule has 1 fully saturated rings. The van der Waals surface area contributed by atoms with Gasteiger partial charge in [-0.3, -0.25) is 4.79 Å². The number of fused-ring (bicyclic) bond motifs is 1. The van der Waals surface area contributed by atoms with Crippen LogP contribution in [0.2, 0.25) is 0 Å². The van der Waals surface area contributed by atoms with Crippen LogP contribution in [0.3, 0.4) is 0 Å². The van der Waals surface area contributed by atoms with Gasteiger partial charge in [0, 0.05) is 18.3 Å². The van der Waals surface area contributed by atoms with Crippen molar-refractivity contribution in [1.82, 2.24) is 20.3 Å². The van der Waals surface area contributed by atoms with Crippen LogP contribution < -0.4 is 10.1 Å². The second-order valence-corrected chi connectivity index (χ2v) is 8.07. The van der Waals surface area contributed by atoms with Gasteiger partial charge in [0.05, 0.1) is 25.3 Å². The maximum Gasteiger partial charge on any atom is 0.490 e. The molecule has 1 aromatic carbocycles. The lowest BCUT2D eigenvalue weighted by atomic mass is 9.87. The first-order valence-corrected chi connectivity index (χ1v) is 10.4. The summed E-state index contributed by atoms with van der Waals surface area (Å²) in [4.78, 5) is 20.4. The number of nitrogens with zero attached hydrogens (tertiary/aromatic N) is 3. The van der Waals surface area contributed by atoms with Crippen LogP contribution >= 0.6 is 0 Å². The summed E-state index contributed by atoms with van der Waals surface area (Å²) >= 11 is 0. The summed E-state index contributed by atoms with van der Waals surface area (Å²) in [6, 6.07) is 6.67. The van der Waals surface area contributed by atoms with E-state index in [1.807, 2.05) is 18.3 Å². The second-order valence-electron chi connectivity index (χ2n) is 8.07. The van der Waals surface area contributed by atoms with Gasteiger partial charge in [-0.1, -0.05) is 17.3 Å². The Morgan fingerprint density at radius 1 is 1.24 bits per heavy atom. The van der Waals surface area contributed by atoms with Crippen LogP contribution in [0.15, 0.2) is 30.6 Å². The van der Waals surface area contributed by atoms with Crippen molar-refractivity contribution >= 4 is 11.9 Å². The Morgan fingerprint density at radius 2 is 1.97 bits per heavy atom. The Balaban J connectivity index is 0.000000383. The van der Waals surface area contributed by atoms with E-state index in [0.29, 0.717) is 18.9 Å². The lowest BCUT2D eigenvalue weighted by Crippen LogP contribution is -2.44. The van der Waals surface area contributed by atoms with E-state index in [1.54, 1.807) is 18.0 Å². The first kappa shape index (κ1) is 24.5. The summed E-state index contributed by atoms with van der Waals surface area (Å²) in [6.07, 6.45) is 2.53. The van der Waals surface area contributed by atoms with Crippen molar-refractivity contribution in [2.45, 2.75) is 56.4 Å². The highest BCUT2D eigenvalue weighted by atomic mass is 19.4. The second kappa shape index (κ2) is 10.2. The van der Waals surface area contributed by atoms with Gasteiger partial charge in [-0.05, 0) is 49.3 Å². The quantitative estimate of drug-likeness (QED) is 0.609. The minimum atomic E-state index is -5.08. The van der Waals surface area contributed by atoms with Crippen LogP contribution in [0.4, 0.5) is 13.2 Å². The molecule has 9 nitrogen and oxygen atoms in total. The number of carbonyl (C=O) groups is 2. The molecule has 180 valence electrons. The third kappa shape index (κ3) is 6.01. The molecular weight excluding hydrogens is 445 g/mol. The molecule has 0 bridgehead atoms. The summed E-state index contributed by atoms with van der Waals surface area (Å²) in [7, 11) is 1.72. The summed E-state index contributed by atoms with van der Waals surface area (Å²) in [5, 5.41) is 28.3. The van der Waals surface area contributed by atoms with E-state index in [-0.39, 0.29) is 18.0 Å². The maximum absolute atomic E-state index is 11.5. The van der Waals surface area contributed by atoms with Gasteiger partial charge in [0.15, 0.2) is 0 Å². The smallest absolute Gasteiger partial charge is 0.490 e. The number of nitrogens with one attached hydrogen (secondary N) is 1. The molecule has 4 rings (SSSR count). The lowest BCUT2D eigenvalue weighted by Gasteiger charge is -2.31. The Bertz CT molecular complexity index is 967. The highest BCUT2D eigenvalue weighted by Crippen LogP contribution is 2.36. The minimum Gasteiger partial charge on any atom is -0.496 e. The van der Waals surface area contributed by atoms with Gasteiger partial charge in [0.1, 0.15) is 5.75 Å². The zero-order valence-corrected chi connectivity index (χ0v) is 17.8. The molecule has 2 aliphatic carbocycles. The zero-order valence-electron chi connectivity index (χ0n) is 17.8. The Hall–Kier alpha value is -3.15. The predicted octanol–water partition coefficient (Wildman–Crippen LogP) is 2.47. The monoisotopic (exact) mass is 470 g/mol. The topological polar surface area (TPSA) is 127 Å². The first-order chi connectivity index (χ1) is 15.6. The number of halogens is 3. The van der Waals surface area contributed by atoms with E-state index >= 15 is 0 Å². The predicted molar refractivity (Wildman–Crippen MR) is 109 cm³/mol. The van der Waals surface area contributed by atoms with Crippen LogP contribution in [0.1, 0.15) is 36.4 Å². The Morgan fingerprint density at radius 3 is 2.55 bits per heavy atom. The average Bonchev–Trinajstić information content (AvgIpc) is 3.43. The van der Waals surface area contributed by atoms with Gasteiger partial charge in [-0.15, -0.1) is 5.10 Å². The van der Waals surface area contributed by atoms with Crippen LogP contribution in [0, 0.1) is 5.92 Å². The zero-order chi connectivity index (χ0) is 24.2. The number of hydrogen-bond acceptors (Lipinski definition) is 6. The van der Waals surface area contributed by atoms with Gasteiger partial charge >= 0.3 is 18.1 Å². The fraction of sp³-hybridized carbons (Fsp3) is 0.524. The molecule has 0 radical (unpaired) electrons. The lowest BCUT2D eigenvalue weighted by molar-refractivity contribution is -0.192. The van der Waals surface area contributed by atoms with E-state index in [1.165, 1.54) is 11.1 Å². The first-order valence-electron chi connectivity index (χ1n) is 10.4. The largest absolute Gasteiger partial charge is 0.496 e. The minimum absolute atomic E-state index is 0.0327. The van der Waals surface area contributed by atoms with Crippen molar-refractivity contribution in [3.8, 4) is 5.75 Å². The summed E-state index contributed by atoms with van der Waals surface area (Å²) in [5.41, 5.74) is 2.62. The fourth-order valence-corrected chi connectivity index (χ4v) is 4.49. The number of benzene rings is 1. The van der Waals surface area contributed by atoms with Gasteiger partial charge in [0.2, 0.25) is 0 Å². The molecule has 33 heavy (non-hydrogen) atoms. The standard InChI is InChI=1S/C19H24N4O3.C2HF3O2/c1-26-18-4-2-3-12-9-14(5-6-15(12)18)21-16-10-13(19(24)25)11-17(16)23-8-7-20-22-23;3-2(4,5)1(6)7/h2-4,7-8,13-14,16-17,21H,5-6,9-11H2,1H3,(H,24,25);(H,6,7)/t13?,14?,16-,17+;/m1./s1. The Kier molecular flexibility index (Phi) is 7.57. The van der Waals surface area contributed by atoms with Crippen molar-refractivity contribution in [3.63, 3.8) is 0 Å². The molecule has 1 saturated carbocycles. The molecule has 4 atom stereocenters. The number of aliphatic carboxylic acids is 2. The van der Waals surface area contributed by atoms with Crippen LogP contribution in [-0.2, 0) is 22.4 Å². The van der Waals surface area contributed by atoms with Gasteiger partial charge in [0.25, 0.3) is 0 Å². The van der Waals surface area contributed by atoms with Crippen molar-refractivity contribution in [2.75, 3.05) is 7.11 Å². The van der Waals surface area contributed by atoms with Crippen molar-refractivity contribution in [2.24, 2.45) is 5.92 Å². The molecular formula is C21H25F3N4O5. The molecule has 12 heteroatoms. The van der Waals surface area contributed by atoms with Gasteiger partial charge in [-0.25, -0.2) is 9.48 Å². The average molecular weight is 470 g/mol. The van der Waals surface area contributed by atoms with Crippen molar-refractivity contribution in [3.05, 3.63) is 41.7 Å². The van der Waals surface area contributed by atoms with E-state index < -0.39 is 18.1 Å². The maximum atomic E-state index is 11.5. The SMILES string of the molecule is COc1cccc2c1CCC(N[C@@H]1CC(C(=O)O)C[C@@H]1n1ccnn1)C2.O=C(O)C(F)(F)F. The van der Waals surface area contributed by atoms with Gasteiger partial charge in [-0.2, -0.15) is 13.2 Å². The highest BCUT2D eigenvalue weighted by Gasteiger charge is 2.40. The number of aromatic nitrogens is 3. The number of carboxylic acid groups (broad SMARTS) is 2. The molecule has 2 aliphatic rings. The van der Waals surface area contributed by atoms with E-state index in [9.17, 15) is 23.1 Å². The molecule has 1 heterocycles. The number of carboxylic acids is 2. The third-order valence-electron chi connectivity index (χ3n) is 6.01. The Labute approximate surface area is 187 Å². The van der Waals surface area contributed by atoms with Crippen molar-refractivity contribution < 1.29 is 37.7 Å². The van der Waals surface area contributed by atoms with Crippen LogP contribution in [0.5, 0.6) is 5.75 Å². The molecule has 0 saturated heterocycles. The number of methoxy groups -OCH3 is 1. The summed E-state index contributed by atoms with van der Waals surface area (Å²) < 4.78 is 39.0. The third-order valence-corrected chi connectivity index (χ3v) is 6.01. The van der Waals surface area contributed by atoms with E-state index in [0.717, 1.165) is 25.0 Å². The number of alkyl halides is 3. The number of rotatable bonds is 5. The molecule has 0 aliphatic heterocycles. The van der Waals surface area contributed by atoms with Crippen molar-refractivity contribution in [1.29, 1.82) is 0 Å². The van der Waals surface area contributed by atoms with E-state index in [4.69, 9.17) is 14.6 Å². The van der Waals surface area contributed by atoms with Crippen LogP contribution in [0.25, 0.3) is 0 Å². The molecule has 0 amide bonds. The normalized spacial score (nSPS) is 24.4. The summed E-state index contributed by atoms with van der Waals surface area (Å²) in [6.45, 7) is 0.